The summed E-state index contributed by atoms with van der Waals surface area (Å²) in [7, 11) is -15.6. The summed E-state index contributed by atoms with van der Waals surface area (Å²) in [6, 6.07) is 34.0. The molecule has 32 nitrogen and oxygen atoms in total. The molecule has 0 unspecified atom stereocenters. The monoisotopic (exact) mass is 1290 g/mol. The van der Waals surface area contributed by atoms with Crippen LogP contribution in [0.2, 0.25) is 0 Å². The van der Waals surface area contributed by atoms with Crippen LogP contribution >= 0.6 is 0 Å². The predicted octanol–water partition coefficient (Wildman–Crippen LogP) is 14.0. The number of aromatic hydroxyl groups is 2. The highest BCUT2D eigenvalue weighted by Gasteiger charge is 2.31. The summed E-state index contributed by atoms with van der Waals surface area (Å²) in [6.07, 6.45) is 0. The van der Waals surface area contributed by atoms with E-state index in [1.165, 1.54) is 127 Å². The Morgan fingerprint density at radius 1 is 0.330 bits per heavy atom. The number of phenols is 2. The molecule has 0 fully saturated rings. The number of hydrogen-bond donors (Lipinski definition) is 14. The molecule has 91 heavy (non-hydrogen) atoms. The van der Waals surface area contributed by atoms with Gasteiger partial charge in [-0.1, -0.05) is 6.07 Å². The Balaban J connectivity index is 1.02. The normalized spacial score (nSPS) is 12.6. The zero-order valence-electron chi connectivity index (χ0n) is 46.3. The van der Waals surface area contributed by atoms with Crippen molar-refractivity contribution in [1.82, 2.24) is 0 Å². The van der Waals surface area contributed by atoms with Crippen molar-refractivity contribution in [2.45, 2.75) is 14.7 Å². The molecule has 0 aliphatic carbocycles. The van der Waals surface area contributed by atoms with Gasteiger partial charge in [0.15, 0.2) is 17.2 Å². The lowest BCUT2D eigenvalue weighted by Crippen LogP contribution is -2.03. The van der Waals surface area contributed by atoms with Crippen LogP contribution in [0.5, 0.6) is 11.5 Å². The van der Waals surface area contributed by atoms with Crippen molar-refractivity contribution in [3.63, 3.8) is 0 Å². The van der Waals surface area contributed by atoms with Crippen molar-refractivity contribution in [3.8, 4) is 11.5 Å². The summed E-state index contributed by atoms with van der Waals surface area (Å²) in [5, 5.41) is 75.7. The lowest BCUT2D eigenvalue weighted by Gasteiger charge is -2.15. The summed E-state index contributed by atoms with van der Waals surface area (Å²) in [4.78, 5) is -2.71. The van der Waals surface area contributed by atoms with Crippen LogP contribution in [-0.4, -0.2) is 49.1 Å². The molecule has 0 amide bonds. The van der Waals surface area contributed by atoms with Gasteiger partial charge in [0, 0.05) is 44.6 Å². The average Bonchev–Trinajstić information content (AvgIpc) is 0.739. The van der Waals surface area contributed by atoms with Gasteiger partial charge in [-0.3, -0.25) is 13.7 Å². The number of nitrogen functional groups attached to an aromatic ring is 8. The van der Waals surface area contributed by atoms with E-state index < -0.39 is 84.7 Å². The largest absolute Gasteiger partial charge is 0.505 e. The molecule has 0 saturated heterocycles. The highest BCUT2D eigenvalue weighted by atomic mass is 32.2. The number of nitrogens with zero attached hydrogens (tertiary/aromatic N) is 12. The van der Waals surface area contributed by atoms with Crippen molar-refractivity contribution in [2.24, 2.45) is 61.4 Å². The zero-order chi connectivity index (χ0) is 65.3. The van der Waals surface area contributed by atoms with E-state index in [1.54, 1.807) is 12.1 Å². The first-order valence-electron chi connectivity index (χ1n) is 25.8. The fraction of sp³-hybridized carbons (Fsp3) is 0. The summed E-state index contributed by atoms with van der Waals surface area (Å²) < 4.78 is 110. The molecule has 0 saturated carbocycles. The smallest absolute Gasteiger partial charge is 0.299 e. The maximum Gasteiger partial charge on any atom is 0.299 e. The van der Waals surface area contributed by atoms with E-state index in [0.717, 1.165) is 12.1 Å². The molecule has 22 N–H and O–H groups in total. The Morgan fingerprint density at radius 2 is 0.747 bits per heavy atom. The van der Waals surface area contributed by atoms with E-state index in [4.69, 9.17) is 45.9 Å². The molecule has 10 aromatic rings. The third kappa shape index (κ3) is 13.7. The maximum atomic E-state index is 13.6. The van der Waals surface area contributed by atoms with Gasteiger partial charge in [0.05, 0.1) is 45.5 Å². The minimum absolute atomic E-state index is 0.00683. The molecule has 10 rings (SSSR count). The molecule has 0 aliphatic rings. The zero-order valence-corrected chi connectivity index (χ0v) is 48.8. The number of nitrogens with one attached hydrogen (secondary N) is 1. The molecule has 0 radical (unpaired) electrons. The summed E-state index contributed by atoms with van der Waals surface area (Å²) >= 11 is 0. The Morgan fingerprint density at radius 3 is 1.24 bits per heavy atom. The number of benzene rings is 10. The van der Waals surface area contributed by atoms with E-state index in [-0.39, 0.29) is 107 Å². The second-order valence-corrected chi connectivity index (χ2v) is 23.6. The molecule has 10 aromatic carbocycles. The minimum Gasteiger partial charge on any atom is -0.505 e. The second kappa shape index (κ2) is 24.6. The first-order chi connectivity index (χ1) is 43.1. The lowest BCUT2D eigenvalue weighted by atomic mass is 10.0. The average molecular weight is 1290 g/mol. The number of anilines is 10. The van der Waals surface area contributed by atoms with E-state index >= 15 is 0 Å². The summed E-state index contributed by atoms with van der Waals surface area (Å²) in [6.45, 7) is 0. The van der Waals surface area contributed by atoms with Crippen LogP contribution in [0, 0.1) is 0 Å². The number of nitrogens with two attached hydrogens (primary N) is 8. The standard InChI is InChI=1S/C56H47N21O11S3/c57-27-2-13-41(37(61)20-27)69-67-33-6-1-26-19-48(90(83,84)85)52(54(78)36(26)24-33)76-66-32-9-7-31(8-10-32)65-45-17-11-34(25-47(45)89(80,81)82)68-73-46-18-12-35-49(51(46)75-71-43-15-4-29(59)22-39(43)63)56(91(86,87)88)55(79)53(77-72-44-16-5-30(60)23-40(44)64)50(35)74-70-42-14-3-28(58)21-38(42)62/h1-25,65,78-79H,57-64H2,(H,80,81,82)(H,83,84,85)(H,86,87,88). The maximum absolute atomic E-state index is 13.6. The molecule has 0 bridgehead atoms. The Labute approximate surface area is 514 Å². The van der Waals surface area contributed by atoms with Gasteiger partial charge in [-0.2, -0.15) is 40.6 Å². The van der Waals surface area contributed by atoms with Crippen molar-refractivity contribution >= 4 is 177 Å². The van der Waals surface area contributed by atoms with Gasteiger partial charge in [-0.25, -0.2) is 0 Å². The lowest BCUT2D eigenvalue weighted by molar-refractivity contribution is 0.446. The SMILES string of the molecule is Nc1ccc(N=Nc2ccc3cc(S(=O)(=O)O)c(N=Nc4ccc(Nc5ccc(N=Nc6ccc7c(N=Nc8ccc(N)cc8N)c(N=Nc8ccc(N)cc8N)c(O)c(S(=O)(=O)O)c7c6N=Nc6ccc(N)cc6N)cc5S(=O)(=O)O)cc4)c(O)c3c2)c(N)c1. The highest BCUT2D eigenvalue weighted by Crippen LogP contribution is 2.54. The van der Waals surface area contributed by atoms with Crippen molar-refractivity contribution < 1.29 is 49.1 Å². The van der Waals surface area contributed by atoms with E-state index in [0.29, 0.717) is 11.4 Å². The van der Waals surface area contributed by atoms with E-state index in [2.05, 4.69) is 66.7 Å². The molecular formula is C56H47N21O11S3. The van der Waals surface area contributed by atoms with Crippen molar-refractivity contribution in [3.05, 3.63) is 152 Å². The number of phenolic OH excluding ortho intramolecular Hbond substituents is 2. The highest BCUT2D eigenvalue weighted by molar-refractivity contribution is 7.86. The first kappa shape index (κ1) is 61.9. The van der Waals surface area contributed by atoms with Crippen LogP contribution in [0.15, 0.2) is 228 Å². The van der Waals surface area contributed by atoms with Crippen molar-refractivity contribution in [2.75, 3.05) is 51.2 Å². The van der Waals surface area contributed by atoms with Crippen LogP contribution in [0.3, 0.4) is 0 Å². The summed E-state index contributed by atoms with van der Waals surface area (Å²) in [5.41, 5.74) is 47.4. The Bertz CT molecular complexity index is 5210. The van der Waals surface area contributed by atoms with Gasteiger partial charge in [0.2, 0.25) is 0 Å². The van der Waals surface area contributed by atoms with Crippen LogP contribution < -0.4 is 51.2 Å². The number of hydrogen-bond acceptors (Lipinski definition) is 29. The fourth-order valence-corrected chi connectivity index (χ4v) is 10.9. The van der Waals surface area contributed by atoms with Crippen LogP contribution in [0.1, 0.15) is 0 Å². The van der Waals surface area contributed by atoms with Crippen LogP contribution in [0.4, 0.5) is 125 Å². The molecule has 460 valence electrons. The van der Waals surface area contributed by atoms with Gasteiger partial charge >= 0.3 is 0 Å². The van der Waals surface area contributed by atoms with Crippen LogP contribution in [0.25, 0.3) is 21.5 Å². The van der Waals surface area contributed by atoms with Gasteiger partial charge < -0.3 is 61.4 Å². The van der Waals surface area contributed by atoms with Crippen LogP contribution in [-0.2, 0) is 30.4 Å². The van der Waals surface area contributed by atoms with Gasteiger partial charge in [-0.05, 0) is 151 Å². The first-order valence-corrected chi connectivity index (χ1v) is 30.1. The predicted molar refractivity (Wildman–Crippen MR) is 343 cm³/mol. The van der Waals surface area contributed by atoms with Gasteiger partial charge in [0.1, 0.15) is 60.2 Å². The van der Waals surface area contributed by atoms with E-state index in [9.17, 15) is 49.1 Å². The third-order valence-corrected chi connectivity index (χ3v) is 15.7. The molecule has 35 heteroatoms. The third-order valence-electron chi connectivity index (χ3n) is 13.1. The molecule has 0 heterocycles. The minimum atomic E-state index is -5.55. The quantitative estimate of drug-likeness (QED) is 0.0229. The number of fused-ring (bicyclic) bond motifs is 2. The van der Waals surface area contributed by atoms with E-state index in [1.807, 2.05) is 0 Å². The molecule has 0 spiro atoms. The molecular weight excluding hydrogens is 1240 g/mol. The van der Waals surface area contributed by atoms with Gasteiger partial charge in [0.25, 0.3) is 30.4 Å². The number of azo groups is 6. The molecule has 0 aromatic heterocycles. The van der Waals surface area contributed by atoms with Gasteiger partial charge in [-0.15, -0.1) is 46.0 Å². The van der Waals surface area contributed by atoms with Crippen molar-refractivity contribution in [1.29, 1.82) is 0 Å². The molecule has 0 atom stereocenters. The second-order valence-electron chi connectivity index (χ2n) is 19.5. The Kier molecular flexibility index (Phi) is 16.7. The molecule has 0 aliphatic heterocycles. The number of rotatable bonds is 17. The fourth-order valence-electron chi connectivity index (χ4n) is 8.74. The topological polar surface area (TPSA) is 572 Å². The summed E-state index contributed by atoms with van der Waals surface area (Å²) in [5.74, 6) is -1.92. The Hall–Kier alpha value is -12.2.